The summed E-state index contributed by atoms with van der Waals surface area (Å²) < 4.78 is 0. The predicted molar refractivity (Wildman–Crippen MR) is 72.0 cm³/mol. The molecule has 0 bridgehead atoms. The molecule has 1 aromatic carbocycles. The molecule has 2 saturated carbocycles. The highest BCUT2D eigenvalue weighted by molar-refractivity contribution is 5.18. The van der Waals surface area contributed by atoms with E-state index in [1.54, 1.807) is 49.9 Å². The molecule has 2 fully saturated rings. The number of aromatic hydroxyl groups is 1. The molecule has 0 unspecified atom stereocenters. The highest BCUT2D eigenvalue weighted by atomic mass is 16.3. The molecule has 0 amide bonds. The van der Waals surface area contributed by atoms with Gasteiger partial charge in [-0.3, -0.25) is 0 Å². The van der Waals surface area contributed by atoms with Gasteiger partial charge in [0.15, 0.2) is 0 Å². The number of para-hydroxylation sites is 1. The summed E-state index contributed by atoms with van der Waals surface area (Å²) in [6, 6.07) is 8.71. The van der Waals surface area contributed by atoms with Crippen LogP contribution in [0.4, 0.5) is 0 Å². The molecule has 0 heterocycles. The third kappa shape index (κ3) is 4.07. The van der Waals surface area contributed by atoms with Gasteiger partial charge in [-0.25, -0.2) is 0 Å². The standard InChI is InChI=1S/C10H18.C6H6O/c1-2-6-10-8-4-3-7-9(10)5-1;7-6-4-2-1-3-5-6/h9-10H,1-8H2;1-5,7H. The second-order valence-corrected chi connectivity index (χ2v) is 5.42. The molecule has 3 rings (SSSR count). The van der Waals surface area contributed by atoms with Crippen LogP contribution >= 0.6 is 0 Å². The van der Waals surface area contributed by atoms with E-state index in [1.165, 1.54) is 25.7 Å². The van der Waals surface area contributed by atoms with E-state index < -0.39 is 0 Å². The van der Waals surface area contributed by atoms with Crippen LogP contribution in [0.25, 0.3) is 0 Å². The van der Waals surface area contributed by atoms with Gasteiger partial charge in [-0.05, 0) is 24.0 Å². The van der Waals surface area contributed by atoms with Gasteiger partial charge >= 0.3 is 0 Å². The van der Waals surface area contributed by atoms with Crippen molar-refractivity contribution in [1.29, 1.82) is 0 Å². The largest absolute Gasteiger partial charge is 0.508 e. The Bertz CT molecular complexity index is 281. The van der Waals surface area contributed by atoms with Crippen molar-refractivity contribution in [2.24, 2.45) is 11.8 Å². The van der Waals surface area contributed by atoms with Crippen molar-refractivity contribution in [2.45, 2.75) is 51.4 Å². The van der Waals surface area contributed by atoms with Gasteiger partial charge in [0, 0.05) is 0 Å². The van der Waals surface area contributed by atoms with Crippen molar-refractivity contribution in [1.82, 2.24) is 0 Å². The molecule has 94 valence electrons. The minimum Gasteiger partial charge on any atom is -0.508 e. The summed E-state index contributed by atoms with van der Waals surface area (Å²) in [5.74, 6) is 2.63. The number of phenols is 1. The molecule has 1 nitrogen and oxygen atoms in total. The van der Waals surface area contributed by atoms with Gasteiger partial charge < -0.3 is 5.11 Å². The molecule has 1 N–H and O–H groups in total. The average Bonchev–Trinajstić information content (AvgIpc) is 2.41. The summed E-state index contributed by atoms with van der Waals surface area (Å²) >= 11 is 0. The normalized spacial score (nSPS) is 27.5. The summed E-state index contributed by atoms with van der Waals surface area (Å²) in [5.41, 5.74) is 0. The molecule has 1 aromatic rings. The van der Waals surface area contributed by atoms with Gasteiger partial charge in [-0.2, -0.15) is 0 Å². The van der Waals surface area contributed by atoms with E-state index in [1.807, 2.05) is 6.07 Å². The highest BCUT2D eigenvalue weighted by Crippen LogP contribution is 2.39. The topological polar surface area (TPSA) is 20.2 Å². The number of phenolic OH excluding ortho intramolecular Hbond substituents is 1. The fourth-order valence-corrected chi connectivity index (χ4v) is 3.29. The first-order valence-electron chi connectivity index (χ1n) is 7.10. The van der Waals surface area contributed by atoms with Crippen LogP contribution in [0.15, 0.2) is 30.3 Å². The van der Waals surface area contributed by atoms with Gasteiger partial charge in [0.25, 0.3) is 0 Å². The van der Waals surface area contributed by atoms with Crippen molar-refractivity contribution in [3.63, 3.8) is 0 Å². The maximum absolute atomic E-state index is 8.63. The molecule has 0 aromatic heterocycles. The Labute approximate surface area is 105 Å². The third-order valence-corrected chi connectivity index (χ3v) is 4.22. The van der Waals surface area contributed by atoms with Crippen molar-refractivity contribution in [3.05, 3.63) is 30.3 Å². The summed E-state index contributed by atoms with van der Waals surface area (Å²) in [6.45, 7) is 0. The Kier molecular flexibility index (Phi) is 4.90. The van der Waals surface area contributed by atoms with E-state index in [-0.39, 0.29) is 0 Å². The van der Waals surface area contributed by atoms with Crippen LogP contribution in [0.3, 0.4) is 0 Å². The number of hydrogen-bond donors (Lipinski definition) is 1. The monoisotopic (exact) mass is 232 g/mol. The smallest absolute Gasteiger partial charge is 0.115 e. The first-order valence-corrected chi connectivity index (χ1v) is 7.10. The van der Waals surface area contributed by atoms with Crippen LogP contribution in [-0.4, -0.2) is 5.11 Å². The van der Waals surface area contributed by atoms with Crippen molar-refractivity contribution < 1.29 is 5.11 Å². The van der Waals surface area contributed by atoms with Gasteiger partial charge in [0.1, 0.15) is 5.75 Å². The number of hydrogen-bond acceptors (Lipinski definition) is 1. The Morgan fingerprint density at radius 1 is 0.706 bits per heavy atom. The molecule has 0 atom stereocenters. The van der Waals surface area contributed by atoms with E-state index in [0.29, 0.717) is 5.75 Å². The summed E-state index contributed by atoms with van der Waals surface area (Å²) in [5, 5.41) is 8.63. The molecule has 17 heavy (non-hydrogen) atoms. The summed E-state index contributed by atoms with van der Waals surface area (Å²) in [4.78, 5) is 0. The van der Waals surface area contributed by atoms with Gasteiger partial charge in [-0.1, -0.05) is 69.6 Å². The van der Waals surface area contributed by atoms with E-state index in [2.05, 4.69) is 0 Å². The van der Waals surface area contributed by atoms with E-state index >= 15 is 0 Å². The van der Waals surface area contributed by atoms with Gasteiger partial charge in [0.2, 0.25) is 0 Å². The molecule has 2 aliphatic rings. The van der Waals surface area contributed by atoms with Crippen LogP contribution in [0, 0.1) is 11.8 Å². The first kappa shape index (κ1) is 12.5. The van der Waals surface area contributed by atoms with Crippen LogP contribution < -0.4 is 0 Å². The maximum Gasteiger partial charge on any atom is 0.115 e. The van der Waals surface area contributed by atoms with E-state index in [9.17, 15) is 0 Å². The zero-order valence-corrected chi connectivity index (χ0v) is 10.6. The van der Waals surface area contributed by atoms with Crippen molar-refractivity contribution in [3.8, 4) is 5.75 Å². The second kappa shape index (κ2) is 6.68. The average molecular weight is 232 g/mol. The molecular weight excluding hydrogens is 208 g/mol. The van der Waals surface area contributed by atoms with Crippen LogP contribution in [0.1, 0.15) is 51.4 Å². The SMILES string of the molecule is C1CCC2CCCCC2C1.Oc1ccccc1. The summed E-state index contributed by atoms with van der Waals surface area (Å²) in [6.07, 6.45) is 12.4. The molecule has 1 heteroatoms. The van der Waals surface area contributed by atoms with Crippen LogP contribution in [0.2, 0.25) is 0 Å². The second-order valence-electron chi connectivity index (χ2n) is 5.42. The number of fused-ring (bicyclic) bond motifs is 1. The Balaban J connectivity index is 0.000000136. The lowest BCUT2D eigenvalue weighted by Gasteiger charge is -2.35. The Morgan fingerprint density at radius 3 is 1.41 bits per heavy atom. The fraction of sp³-hybridized carbons (Fsp3) is 0.625. The minimum absolute atomic E-state index is 0.322. The molecule has 2 aliphatic carbocycles. The first-order chi connectivity index (χ1) is 8.36. The maximum atomic E-state index is 8.63. The zero-order chi connectivity index (χ0) is 11.9. The van der Waals surface area contributed by atoms with Crippen molar-refractivity contribution in [2.75, 3.05) is 0 Å². The minimum atomic E-state index is 0.322. The molecular formula is C16H24O. The molecule has 0 aliphatic heterocycles. The van der Waals surface area contributed by atoms with Crippen LogP contribution in [0.5, 0.6) is 5.75 Å². The van der Waals surface area contributed by atoms with Crippen LogP contribution in [-0.2, 0) is 0 Å². The van der Waals surface area contributed by atoms with E-state index in [4.69, 9.17) is 5.11 Å². The molecule has 0 spiro atoms. The lowest BCUT2D eigenvalue weighted by atomic mass is 9.71. The van der Waals surface area contributed by atoms with Gasteiger partial charge in [-0.15, -0.1) is 0 Å². The number of rotatable bonds is 0. The Hall–Kier alpha value is -0.980. The lowest BCUT2D eigenvalue weighted by molar-refractivity contribution is 0.171. The third-order valence-electron chi connectivity index (χ3n) is 4.22. The Morgan fingerprint density at radius 2 is 1.12 bits per heavy atom. The van der Waals surface area contributed by atoms with E-state index in [0.717, 1.165) is 11.8 Å². The molecule has 0 radical (unpaired) electrons. The highest BCUT2D eigenvalue weighted by Gasteiger charge is 2.26. The lowest BCUT2D eigenvalue weighted by Crippen LogP contribution is -2.22. The quantitative estimate of drug-likeness (QED) is 0.683. The van der Waals surface area contributed by atoms with Gasteiger partial charge in [0.05, 0.1) is 0 Å². The van der Waals surface area contributed by atoms with Crippen molar-refractivity contribution >= 4 is 0 Å². The summed E-state index contributed by atoms with van der Waals surface area (Å²) in [7, 11) is 0. The predicted octanol–water partition coefficient (Wildman–Crippen LogP) is 4.76. The fourth-order valence-electron chi connectivity index (χ4n) is 3.29. The molecule has 0 saturated heterocycles. The zero-order valence-electron chi connectivity index (χ0n) is 10.6. The number of benzene rings is 1.